The third-order valence-electron chi connectivity index (χ3n) is 4.33. The minimum absolute atomic E-state index is 0.158. The Labute approximate surface area is 172 Å². The Hall–Kier alpha value is -3.12. The van der Waals surface area contributed by atoms with Crippen molar-refractivity contribution in [3.63, 3.8) is 0 Å². The molecule has 0 N–H and O–H groups in total. The van der Waals surface area contributed by atoms with Crippen LogP contribution in [0.25, 0.3) is 11.1 Å². The molecule has 0 bridgehead atoms. The van der Waals surface area contributed by atoms with Crippen LogP contribution in [0, 0.1) is 5.82 Å². The first kappa shape index (κ1) is 19.2. The minimum atomic E-state index is -0.543. The molecule has 4 rings (SSSR count). The quantitative estimate of drug-likeness (QED) is 0.337. The van der Waals surface area contributed by atoms with Crippen LogP contribution >= 0.6 is 11.8 Å². The summed E-state index contributed by atoms with van der Waals surface area (Å²) in [6, 6.07) is 24.9. The third-order valence-corrected chi connectivity index (χ3v) is 5.22. The zero-order valence-electron chi connectivity index (χ0n) is 15.8. The molecule has 0 aliphatic carbocycles. The van der Waals surface area contributed by atoms with Gasteiger partial charge in [0.1, 0.15) is 0 Å². The number of benzene rings is 3. The van der Waals surface area contributed by atoms with Crippen molar-refractivity contribution in [1.29, 1.82) is 0 Å². The van der Waals surface area contributed by atoms with Gasteiger partial charge in [-0.15, -0.1) is 10.2 Å². The second-order valence-corrected chi connectivity index (χ2v) is 7.37. The van der Waals surface area contributed by atoms with Crippen molar-refractivity contribution in [3.8, 4) is 16.9 Å². The standard InChI is InChI=1S/C23H19FN2O2S/c1-16(27-21-10-6-5-9-20(21)24)22-25-26-23(28-22)29-15-17-11-13-19(14-12-17)18-7-3-2-4-8-18/h2-14,16H,15H2,1H3. The lowest BCUT2D eigenvalue weighted by Crippen LogP contribution is -2.04. The number of ether oxygens (including phenoxy) is 1. The summed E-state index contributed by atoms with van der Waals surface area (Å²) >= 11 is 1.45. The number of thioether (sulfide) groups is 1. The molecule has 146 valence electrons. The van der Waals surface area contributed by atoms with E-state index in [0.717, 1.165) is 5.56 Å². The molecule has 0 saturated carbocycles. The Bertz CT molecular complexity index is 1070. The maximum absolute atomic E-state index is 13.7. The fourth-order valence-electron chi connectivity index (χ4n) is 2.79. The highest BCUT2D eigenvalue weighted by Crippen LogP contribution is 2.28. The van der Waals surface area contributed by atoms with Gasteiger partial charge in [-0.05, 0) is 35.7 Å². The molecule has 0 aliphatic heterocycles. The summed E-state index contributed by atoms with van der Waals surface area (Å²) in [5.74, 6) is 0.757. The summed E-state index contributed by atoms with van der Waals surface area (Å²) in [6.45, 7) is 1.75. The second kappa shape index (κ2) is 8.92. The Balaban J connectivity index is 1.35. The Morgan fingerprint density at radius 1 is 0.897 bits per heavy atom. The Morgan fingerprint density at radius 2 is 1.59 bits per heavy atom. The Kier molecular flexibility index (Phi) is 5.91. The van der Waals surface area contributed by atoms with E-state index in [1.165, 1.54) is 29.0 Å². The highest BCUT2D eigenvalue weighted by molar-refractivity contribution is 7.98. The lowest BCUT2D eigenvalue weighted by molar-refractivity contribution is 0.174. The van der Waals surface area contributed by atoms with Crippen LogP contribution in [0.15, 0.2) is 88.5 Å². The van der Waals surface area contributed by atoms with Crippen LogP contribution in [0.3, 0.4) is 0 Å². The molecule has 4 aromatic rings. The van der Waals surface area contributed by atoms with E-state index in [0.29, 0.717) is 16.9 Å². The lowest BCUT2D eigenvalue weighted by atomic mass is 10.0. The first-order valence-corrected chi connectivity index (χ1v) is 10.2. The predicted molar refractivity (Wildman–Crippen MR) is 111 cm³/mol. The van der Waals surface area contributed by atoms with Crippen LogP contribution in [0.5, 0.6) is 5.75 Å². The van der Waals surface area contributed by atoms with Crippen molar-refractivity contribution >= 4 is 11.8 Å². The number of para-hydroxylation sites is 1. The number of rotatable bonds is 7. The van der Waals surface area contributed by atoms with Crippen molar-refractivity contribution in [3.05, 3.63) is 96.1 Å². The average Bonchev–Trinajstić information content (AvgIpc) is 3.24. The molecule has 0 saturated heterocycles. The van der Waals surface area contributed by atoms with Crippen molar-refractivity contribution in [2.75, 3.05) is 0 Å². The van der Waals surface area contributed by atoms with Crippen LogP contribution in [0.2, 0.25) is 0 Å². The largest absolute Gasteiger partial charge is 0.478 e. The minimum Gasteiger partial charge on any atom is -0.478 e. The third kappa shape index (κ3) is 4.84. The molecule has 6 heteroatoms. The molecule has 3 aromatic carbocycles. The van der Waals surface area contributed by atoms with E-state index in [2.05, 4.69) is 46.6 Å². The van der Waals surface area contributed by atoms with Gasteiger partial charge in [0.25, 0.3) is 11.1 Å². The van der Waals surface area contributed by atoms with Gasteiger partial charge in [-0.3, -0.25) is 0 Å². The van der Waals surface area contributed by atoms with E-state index < -0.39 is 11.9 Å². The van der Waals surface area contributed by atoms with E-state index in [9.17, 15) is 4.39 Å². The molecule has 0 spiro atoms. The molecule has 0 radical (unpaired) electrons. The molecule has 0 aliphatic rings. The smallest absolute Gasteiger partial charge is 0.277 e. The van der Waals surface area contributed by atoms with Crippen LogP contribution in [0.4, 0.5) is 4.39 Å². The van der Waals surface area contributed by atoms with Gasteiger partial charge in [-0.25, -0.2) is 4.39 Å². The number of hydrogen-bond acceptors (Lipinski definition) is 5. The summed E-state index contributed by atoms with van der Waals surface area (Å²) in [5, 5.41) is 8.53. The van der Waals surface area contributed by atoms with Gasteiger partial charge in [-0.2, -0.15) is 0 Å². The normalized spacial score (nSPS) is 11.9. The van der Waals surface area contributed by atoms with Crippen molar-refractivity contribution < 1.29 is 13.5 Å². The highest BCUT2D eigenvalue weighted by atomic mass is 32.2. The molecule has 0 fully saturated rings. The van der Waals surface area contributed by atoms with Gasteiger partial charge < -0.3 is 9.15 Å². The van der Waals surface area contributed by atoms with Gasteiger partial charge in [0.15, 0.2) is 17.7 Å². The summed E-state index contributed by atoms with van der Waals surface area (Å²) in [6.07, 6.45) is -0.543. The van der Waals surface area contributed by atoms with Crippen LogP contribution < -0.4 is 4.74 Å². The van der Waals surface area contributed by atoms with Crippen LogP contribution in [-0.2, 0) is 5.75 Å². The van der Waals surface area contributed by atoms with Crippen molar-refractivity contribution in [2.45, 2.75) is 24.0 Å². The molecular weight excluding hydrogens is 387 g/mol. The average molecular weight is 406 g/mol. The Morgan fingerprint density at radius 3 is 2.34 bits per heavy atom. The molecule has 1 heterocycles. The maximum Gasteiger partial charge on any atom is 0.277 e. The van der Waals surface area contributed by atoms with E-state index in [1.54, 1.807) is 25.1 Å². The SMILES string of the molecule is CC(Oc1ccccc1F)c1nnc(SCc2ccc(-c3ccccc3)cc2)o1. The van der Waals surface area contributed by atoms with Gasteiger partial charge in [0, 0.05) is 5.75 Å². The van der Waals surface area contributed by atoms with Crippen molar-refractivity contribution in [1.82, 2.24) is 10.2 Å². The van der Waals surface area contributed by atoms with Crippen LogP contribution in [0.1, 0.15) is 24.5 Å². The molecule has 1 aromatic heterocycles. The zero-order valence-corrected chi connectivity index (χ0v) is 16.6. The second-order valence-electron chi connectivity index (χ2n) is 6.45. The van der Waals surface area contributed by atoms with Gasteiger partial charge >= 0.3 is 0 Å². The summed E-state index contributed by atoms with van der Waals surface area (Å²) in [5.41, 5.74) is 3.53. The fourth-order valence-corrected chi connectivity index (χ4v) is 3.52. The number of hydrogen-bond donors (Lipinski definition) is 0. The molecule has 0 amide bonds. The maximum atomic E-state index is 13.7. The van der Waals surface area contributed by atoms with Crippen molar-refractivity contribution in [2.24, 2.45) is 0 Å². The zero-order chi connectivity index (χ0) is 20.1. The van der Waals surface area contributed by atoms with Gasteiger partial charge in [-0.1, -0.05) is 78.5 Å². The summed E-state index contributed by atoms with van der Waals surface area (Å²) in [7, 11) is 0. The molecule has 1 atom stereocenters. The highest BCUT2D eigenvalue weighted by Gasteiger charge is 2.17. The summed E-state index contributed by atoms with van der Waals surface area (Å²) in [4.78, 5) is 0. The van der Waals surface area contributed by atoms with E-state index in [1.807, 2.05) is 18.2 Å². The monoisotopic (exact) mass is 406 g/mol. The summed E-state index contributed by atoms with van der Waals surface area (Å²) < 4.78 is 25.0. The van der Waals surface area contributed by atoms with Crippen LogP contribution in [-0.4, -0.2) is 10.2 Å². The fraction of sp³-hybridized carbons (Fsp3) is 0.130. The predicted octanol–water partition coefficient (Wildman–Crippen LogP) is 6.31. The van der Waals surface area contributed by atoms with E-state index in [4.69, 9.17) is 9.15 Å². The number of aromatic nitrogens is 2. The number of nitrogens with zero attached hydrogens (tertiary/aromatic N) is 2. The first-order valence-electron chi connectivity index (χ1n) is 9.21. The van der Waals surface area contributed by atoms with Gasteiger partial charge in [0.05, 0.1) is 0 Å². The number of halogens is 1. The lowest BCUT2D eigenvalue weighted by Gasteiger charge is -2.11. The first-order chi connectivity index (χ1) is 14.2. The molecule has 1 unspecified atom stereocenters. The molecule has 4 nitrogen and oxygen atoms in total. The van der Waals surface area contributed by atoms with Gasteiger partial charge in [0.2, 0.25) is 0 Å². The molecule has 29 heavy (non-hydrogen) atoms. The van der Waals surface area contributed by atoms with E-state index in [-0.39, 0.29) is 5.75 Å². The van der Waals surface area contributed by atoms with E-state index >= 15 is 0 Å². The molecular formula is C23H19FN2O2S. The topological polar surface area (TPSA) is 48.2 Å².